The fourth-order valence-corrected chi connectivity index (χ4v) is 4.51. The van der Waals surface area contributed by atoms with Crippen molar-refractivity contribution in [1.29, 1.82) is 0 Å². The van der Waals surface area contributed by atoms with E-state index in [1.807, 2.05) is 42.5 Å². The van der Waals surface area contributed by atoms with Crippen molar-refractivity contribution >= 4 is 36.7 Å². The number of carboxylic acids is 1. The summed E-state index contributed by atoms with van der Waals surface area (Å²) < 4.78 is 13.1. The Bertz CT molecular complexity index is 1280. The molecule has 10 heteroatoms. The van der Waals surface area contributed by atoms with Crippen LogP contribution < -0.4 is 4.74 Å². The second kappa shape index (κ2) is 10.0. The molecule has 0 unspecified atom stereocenters. The molecule has 0 aliphatic heterocycles. The molecule has 0 aliphatic carbocycles. The lowest BCUT2D eigenvalue weighted by Crippen LogP contribution is -2.22. The molecule has 34 heavy (non-hydrogen) atoms. The maximum atomic E-state index is 11.1. The van der Waals surface area contributed by atoms with Crippen molar-refractivity contribution in [2.75, 3.05) is 13.2 Å². The van der Waals surface area contributed by atoms with Crippen LogP contribution in [0.4, 0.5) is 0 Å². The first-order chi connectivity index (χ1) is 16.2. The van der Waals surface area contributed by atoms with Crippen LogP contribution in [0.5, 0.6) is 6.01 Å². The number of hydrogen-bond acceptors (Lipinski definition) is 5. The van der Waals surface area contributed by atoms with Gasteiger partial charge in [0.05, 0.1) is 21.7 Å². The zero-order valence-electron chi connectivity index (χ0n) is 19.3. The Morgan fingerprint density at radius 1 is 1.15 bits per heavy atom. The Labute approximate surface area is 203 Å². The standard InChI is InChI=1S/C24H27ClN4O4Si/c1-34(2,3)11-10-32-15-29-22-13-19(25)18(12-21(22)27-24(29)33-14-23(30)31)16-4-6-17(7-5-16)20-8-9-26-28-20/h4-9,12-13H,10-11,14-15H2,1-3H3,(H,26,28)(H,30,31). The summed E-state index contributed by atoms with van der Waals surface area (Å²) in [6, 6.07) is 14.8. The smallest absolute Gasteiger partial charge is 0.341 e. The highest BCUT2D eigenvalue weighted by atomic mass is 35.5. The van der Waals surface area contributed by atoms with Gasteiger partial charge in [0, 0.05) is 26.4 Å². The summed E-state index contributed by atoms with van der Waals surface area (Å²) in [5.74, 6) is -1.07. The first-order valence-electron chi connectivity index (χ1n) is 10.9. The average molecular weight is 499 g/mol. The van der Waals surface area contributed by atoms with E-state index in [9.17, 15) is 4.79 Å². The molecular formula is C24H27ClN4O4Si. The van der Waals surface area contributed by atoms with Gasteiger partial charge in [0.25, 0.3) is 6.01 Å². The predicted octanol–water partition coefficient (Wildman–Crippen LogP) is 5.52. The fraction of sp³-hybridized carbons (Fsp3) is 0.292. The quantitative estimate of drug-likeness (QED) is 0.220. The maximum Gasteiger partial charge on any atom is 0.341 e. The van der Waals surface area contributed by atoms with Gasteiger partial charge in [0.15, 0.2) is 6.61 Å². The highest BCUT2D eigenvalue weighted by molar-refractivity contribution is 6.76. The van der Waals surface area contributed by atoms with Crippen LogP contribution in [0.15, 0.2) is 48.7 Å². The molecule has 4 rings (SSSR count). The number of fused-ring (bicyclic) bond motifs is 1. The average Bonchev–Trinajstić information content (AvgIpc) is 3.43. The summed E-state index contributed by atoms with van der Waals surface area (Å²) in [6.45, 7) is 7.17. The molecule has 2 N–H and O–H groups in total. The van der Waals surface area contributed by atoms with E-state index in [2.05, 4.69) is 34.8 Å². The van der Waals surface area contributed by atoms with Crippen molar-refractivity contribution in [3.8, 4) is 28.4 Å². The number of aromatic amines is 1. The van der Waals surface area contributed by atoms with Crippen LogP contribution >= 0.6 is 11.6 Å². The van der Waals surface area contributed by atoms with Crippen molar-refractivity contribution in [2.24, 2.45) is 0 Å². The van der Waals surface area contributed by atoms with E-state index < -0.39 is 20.7 Å². The van der Waals surface area contributed by atoms with Gasteiger partial charge < -0.3 is 14.6 Å². The van der Waals surface area contributed by atoms with E-state index >= 15 is 0 Å². The van der Waals surface area contributed by atoms with Crippen LogP contribution in [-0.4, -0.2) is 52.1 Å². The first kappa shape index (κ1) is 24.0. The van der Waals surface area contributed by atoms with Gasteiger partial charge in [-0.2, -0.15) is 10.1 Å². The number of aliphatic carboxylic acids is 1. The molecule has 0 saturated carbocycles. The normalized spacial score (nSPS) is 11.8. The second-order valence-corrected chi connectivity index (χ2v) is 15.2. The summed E-state index contributed by atoms with van der Waals surface area (Å²) >= 11 is 6.68. The third-order valence-corrected chi connectivity index (χ3v) is 7.37. The van der Waals surface area contributed by atoms with Gasteiger partial charge in [-0.15, -0.1) is 0 Å². The predicted molar refractivity (Wildman–Crippen MR) is 135 cm³/mol. The van der Waals surface area contributed by atoms with Gasteiger partial charge in [0.1, 0.15) is 6.73 Å². The summed E-state index contributed by atoms with van der Waals surface area (Å²) in [6.07, 6.45) is 1.71. The van der Waals surface area contributed by atoms with Crippen molar-refractivity contribution in [3.63, 3.8) is 0 Å². The molecule has 0 bridgehead atoms. The van der Waals surface area contributed by atoms with E-state index in [1.165, 1.54) is 0 Å². The Morgan fingerprint density at radius 2 is 1.88 bits per heavy atom. The number of imidazole rings is 1. The van der Waals surface area contributed by atoms with Crippen LogP contribution in [0.25, 0.3) is 33.4 Å². The van der Waals surface area contributed by atoms with Crippen molar-refractivity contribution in [3.05, 3.63) is 53.7 Å². The largest absolute Gasteiger partial charge is 0.479 e. The van der Waals surface area contributed by atoms with Crippen LogP contribution in [-0.2, 0) is 16.3 Å². The summed E-state index contributed by atoms with van der Waals surface area (Å²) in [5, 5.41) is 16.5. The van der Waals surface area contributed by atoms with Gasteiger partial charge in [-0.3, -0.25) is 9.67 Å². The number of carboxylic acid groups (broad SMARTS) is 1. The van der Waals surface area contributed by atoms with E-state index in [0.717, 1.165) is 33.9 Å². The Hall–Kier alpha value is -3.14. The molecule has 0 aliphatic rings. The van der Waals surface area contributed by atoms with Crippen LogP contribution in [0.2, 0.25) is 30.7 Å². The molecule has 2 heterocycles. The molecule has 2 aromatic carbocycles. The number of rotatable bonds is 10. The number of carbonyl (C=O) groups is 1. The number of ether oxygens (including phenoxy) is 2. The number of nitrogens with one attached hydrogen (secondary N) is 1. The van der Waals surface area contributed by atoms with Crippen molar-refractivity contribution in [2.45, 2.75) is 32.4 Å². The molecule has 8 nitrogen and oxygen atoms in total. The van der Waals surface area contributed by atoms with Gasteiger partial charge in [-0.05, 0) is 35.4 Å². The van der Waals surface area contributed by atoms with E-state index in [1.54, 1.807) is 10.8 Å². The monoisotopic (exact) mass is 498 g/mol. The third kappa shape index (κ3) is 5.67. The Morgan fingerprint density at radius 3 is 2.53 bits per heavy atom. The van der Waals surface area contributed by atoms with Crippen LogP contribution in [0.1, 0.15) is 0 Å². The van der Waals surface area contributed by atoms with Gasteiger partial charge >= 0.3 is 5.97 Å². The molecule has 0 spiro atoms. The number of benzene rings is 2. The van der Waals surface area contributed by atoms with Crippen LogP contribution in [0.3, 0.4) is 0 Å². The summed E-state index contributed by atoms with van der Waals surface area (Å²) in [5.41, 5.74) is 5.06. The van der Waals surface area contributed by atoms with Gasteiger partial charge in [-0.25, -0.2) is 4.79 Å². The van der Waals surface area contributed by atoms with Crippen molar-refractivity contribution < 1.29 is 19.4 Å². The minimum absolute atomic E-state index is 0.188. The second-order valence-electron chi connectivity index (χ2n) is 9.22. The first-order valence-corrected chi connectivity index (χ1v) is 15.0. The molecule has 0 fully saturated rings. The Kier molecular flexibility index (Phi) is 7.06. The summed E-state index contributed by atoms with van der Waals surface area (Å²) in [7, 11) is -1.24. The molecule has 0 atom stereocenters. The number of hydrogen-bond donors (Lipinski definition) is 2. The lowest BCUT2D eigenvalue weighted by molar-refractivity contribution is -0.139. The topological polar surface area (TPSA) is 102 Å². The summed E-state index contributed by atoms with van der Waals surface area (Å²) in [4.78, 5) is 15.6. The van der Waals surface area contributed by atoms with E-state index in [-0.39, 0.29) is 12.7 Å². The molecule has 0 saturated heterocycles. The molecule has 178 valence electrons. The fourth-order valence-electron chi connectivity index (χ4n) is 3.49. The Balaban J connectivity index is 1.64. The van der Waals surface area contributed by atoms with Crippen LogP contribution in [0, 0.1) is 0 Å². The maximum absolute atomic E-state index is 11.1. The number of nitrogens with zero attached hydrogens (tertiary/aromatic N) is 3. The zero-order valence-corrected chi connectivity index (χ0v) is 21.1. The zero-order chi connectivity index (χ0) is 24.3. The molecular weight excluding hydrogens is 472 g/mol. The number of H-pyrrole nitrogens is 1. The highest BCUT2D eigenvalue weighted by Gasteiger charge is 2.18. The molecule has 4 aromatic rings. The van der Waals surface area contributed by atoms with Gasteiger partial charge in [-0.1, -0.05) is 55.5 Å². The van der Waals surface area contributed by atoms with E-state index in [0.29, 0.717) is 17.1 Å². The van der Waals surface area contributed by atoms with Gasteiger partial charge in [0.2, 0.25) is 0 Å². The lowest BCUT2D eigenvalue weighted by Gasteiger charge is -2.16. The molecule has 0 amide bonds. The van der Waals surface area contributed by atoms with Crippen molar-refractivity contribution in [1.82, 2.24) is 19.7 Å². The highest BCUT2D eigenvalue weighted by Crippen LogP contribution is 2.34. The lowest BCUT2D eigenvalue weighted by atomic mass is 10.0. The number of aromatic nitrogens is 4. The molecule has 2 aromatic heterocycles. The van der Waals surface area contributed by atoms with E-state index in [4.69, 9.17) is 26.2 Å². The molecule has 0 radical (unpaired) electrons. The number of halogens is 1. The minimum atomic E-state index is -1.24. The third-order valence-electron chi connectivity index (χ3n) is 5.35. The SMILES string of the molecule is C[Si](C)(C)CCOCn1c(OCC(=O)O)nc2cc(-c3ccc(-c4ccn[nH]4)cc3)c(Cl)cc21. The minimum Gasteiger partial charge on any atom is -0.479 e.